The van der Waals surface area contributed by atoms with Crippen molar-refractivity contribution in [3.8, 4) is 0 Å². The lowest BCUT2D eigenvalue weighted by molar-refractivity contribution is 0.205. The van der Waals surface area contributed by atoms with Crippen LogP contribution in [0.5, 0.6) is 0 Å². The van der Waals surface area contributed by atoms with Crippen LogP contribution in [0.2, 0.25) is 0 Å². The van der Waals surface area contributed by atoms with Crippen LogP contribution in [-0.2, 0) is 0 Å². The molecule has 3 heteroatoms. The van der Waals surface area contributed by atoms with E-state index in [9.17, 15) is 0 Å². The van der Waals surface area contributed by atoms with E-state index in [1.807, 2.05) is 7.05 Å². The molecule has 0 spiro atoms. The van der Waals surface area contributed by atoms with E-state index in [-0.39, 0.29) is 0 Å². The molecule has 1 aliphatic rings. The second-order valence-electron chi connectivity index (χ2n) is 2.83. The molecule has 0 aromatic heterocycles. The van der Waals surface area contributed by atoms with Crippen molar-refractivity contribution in [3.05, 3.63) is 0 Å². The normalized spacial score (nSPS) is 22.2. The third kappa shape index (κ3) is 1.68. The zero-order valence-electron chi connectivity index (χ0n) is 6.43. The zero-order valence-corrected chi connectivity index (χ0v) is 6.43. The average Bonchev–Trinajstić information content (AvgIpc) is 1.83. The summed E-state index contributed by atoms with van der Waals surface area (Å²) in [4.78, 5) is 0. The highest BCUT2D eigenvalue weighted by atomic mass is 16.3. The highest BCUT2D eigenvalue weighted by Crippen LogP contribution is 2.11. The van der Waals surface area contributed by atoms with Crippen molar-refractivity contribution >= 4 is 0 Å². The molecule has 0 saturated carbocycles. The summed E-state index contributed by atoms with van der Waals surface area (Å²) in [6.07, 6.45) is 0.878. The van der Waals surface area contributed by atoms with E-state index < -0.39 is 0 Å². The summed E-state index contributed by atoms with van der Waals surface area (Å²) in [7, 11) is 1.96. The number of hydrogen-bond donors (Lipinski definition) is 3. The van der Waals surface area contributed by atoms with Crippen molar-refractivity contribution in [3.63, 3.8) is 0 Å². The summed E-state index contributed by atoms with van der Waals surface area (Å²) < 4.78 is 0. The van der Waals surface area contributed by atoms with Crippen molar-refractivity contribution < 1.29 is 5.11 Å². The lowest BCUT2D eigenvalue weighted by Crippen LogP contribution is -2.52. The van der Waals surface area contributed by atoms with Crippen molar-refractivity contribution in [1.82, 2.24) is 10.6 Å². The van der Waals surface area contributed by atoms with Crippen LogP contribution in [-0.4, -0.2) is 37.9 Å². The lowest BCUT2D eigenvalue weighted by Gasteiger charge is -2.34. The third-order valence-corrected chi connectivity index (χ3v) is 2.19. The topological polar surface area (TPSA) is 44.3 Å². The van der Waals surface area contributed by atoms with Gasteiger partial charge in [-0.15, -0.1) is 0 Å². The first kappa shape index (κ1) is 7.98. The Bertz CT molecular complexity index is 93.6. The molecule has 3 N–H and O–H groups in total. The van der Waals surface area contributed by atoms with Crippen LogP contribution in [0, 0.1) is 5.92 Å². The first-order chi connectivity index (χ1) is 4.88. The molecule has 0 amide bonds. The number of nitrogens with one attached hydrogen (secondary N) is 2. The van der Waals surface area contributed by atoms with Gasteiger partial charge in [0, 0.05) is 25.7 Å². The number of aliphatic hydroxyl groups is 1. The molecule has 1 aliphatic heterocycles. The Morgan fingerprint density at radius 1 is 1.70 bits per heavy atom. The van der Waals surface area contributed by atoms with Gasteiger partial charge in [0.05, 0.1) is 0 Å². The maximum atomic E-state index is 8.68. The molecule has 1 heterocycles. The van der Waals surface area contributed by atoms with Crippen LogP contribution >= 0.6 is 0 Å². The van der Waals surface area contributed by atoms with Gasteiger partial charge in [0.25, 0.3) is 0 Å². The van der Waals surface area contributed by atoms with Gasteiger partial charge in [-0.2, -0.15) is 0 Å². The molecule has 3 nitrogen and oxygen atoms in total. The van der Waals surface area contributed by atoms with Crippen molar-refractivity contribution in [1.29, 1.82) is 0 Å². The highest BCUT2D eigenvalue weighted by molar-refractivity contribution is 4.85. The van der Waals surface area contributed by atoms with Crippen molar-refractivity contribution in [2.45, 2.75) is 12.5 Å². The summed E-state index contributed by atoms with van der Waals surface area (Å²) in [5, 5.41) is 15.1. The van der Waals surface area contributed by atoms with Gasteiger partial charge in [-0.05, 0) is 19.4 Å². The quantitative estimate of drug-likeness (QED) is 0.483. The van der Waals surface area contributed by atoms with Crippen LogP contribution in [0.3, 0.4) is 0 Å². The van der Waals surface area contributed by atoms with Crippen LogP contribution in [0.15, 0.2) is 0 Å². The van der Waals surface area contributed by atoms with Gasteiger partial charge in [-0.3, -0.25) is 0 Å². The van der Waals surface area contributed by atoms with Crippen LogP contribution in [0.1, 0.15) is 6.42 Å². The largest absolute Gasteiger partial charge is 0.396 e. The van der Waals surface area contributed by atoms with Crippen LogP contribution in [0.25, 0.3) is 0 Å². The second-order valence-corrected chi connectivity index (χ2v) is 2.83. The minimum atomic E-state index is 0.294. The summed E-state index contributed by atoms with van der Waals surface area (Å²) in [6.45, 7) is 2.50. The van der Waals surface area contributed by atoms with E-state index in [0.717, 1.165) is 25.4 Å². The minimum absolute atomic E-state index is 0.294. The van der Waals surface area contributed by atoms with Gasteiger partial charge in [0.2, 0.25) is 0 Å². The van der Waals surface area contributed by atoms with Crippen LogP contribution < -0.4 is 10.6 Å². The standard InChI is InChI=1S/C7H16N2O/c1-8-7(2-3-10)6-4-9-5-6/h6-10H,2-5H2,1H3/t7-/m0/s1. The monoisotopic (exact) mass is 144 g/mol. The number of aliphatic hydroxyl groups excluding tert-OH is 1. The Balaban J connectivity index is 2.17. The molecule has 0 radical (unpaired) electrons. The molecule has 1 rings (SSSR count). The Labute approximate surface area is 61.8 Å². The molecule has 1 saturated heterocycles. The van der Waals surface area contributed by atoms with Gasteiger partial charge in [-0.25, -0.2) is 0 Å². The van der Waals surface area contributed by atoms with E-state index in [0.29, 0.717) is 12.6 Å². The maximum absolute atomic E-state index is 8.68. The van der Waals surface area contributed by atoms with E-state index in [1.165, 1.54) is 0 Å². The van der Waals surface area contributed by atoms with Gasteiger partial charge in [0.15, 0.2) is 0 Å². The van der Waals surface area contributed by atoms with Gasteiger partial charge in [0.1, 0.15) is 0 Å². The molecule has 60 valence electrons. The molecular weight excluding hydrogens is 128 g/mol. The maximum Gasteiger partial charge on any atom is 0.0445 e. The van der Waals surface area contributed by atoms with E-state index in [2.05, 4.69) is 10.6 Å². The molecular formula is C7H16N2O. The molecule has 10 heavy (non-hydrogen) atoms. The number of rotatable bonds is 4. The Morgan fingerprint density at radius 3 is 2.70 bits per heavy atom. The van der Waals surface area contributed by atoms with Crippen molar-refractivity contribution in [2.75, 3.05) is 26.7 Å². The summed E-state index contributed by atoms with van der Waals surface area (Å²) >= 11 is 0. The highest BCUT2D eigenvalue weighted by Gasteiger charge is 2.24. The Kier molecular flexibility index (Phi) is 3.12. The SMILES string of the molecule is CN[C@@H](CCO)C1CNC1. The summed E-state index contributed by atoms with van der Waals surface area (Å²) in [5.74, 6) is 0.733. The molecule has 0 aromatic carbocycles. The summed E-state index contributed by atoms with van der Waals surface area (Å²) in [5.41, 5.74) is 0. The smallest absolute Gasteiger partial charge is 0.0445 e. The number of hydrogen-bond acceptors (Lipinski definition) is 3. The first-order valence-corrected chi connectivity index (χ1v) is 3.87. The van der Waals surface area contributed by atoms with Crippen LogP contribution in [0.4, 0.5) is 0 Å². The van der Waals surface area contributed by atoms with E-state index in [1.54, 1.807) is 0 Å². The van der Waals surface area contributed by atoms with Gasteiger partial charge >= 0.3 is 0 Å². The van der Waals surface area contributed by atoms with Gasteiger partial charge < -0.3 is 15.7 Å². The fourth-order valence-corrected chi connectivity index (χ4v) is 1.35. The van der Waals surface area contributed by atoms with E-state index in [4.69, 9.17) is 5.11 Å². The molecule has 0 bridgehead atoms. The second kappa shape index (κ2) is 3.91. The summed E-state index contributed by atoms with van der Waals surface area (Å²) in [6, 6.07) is 0.506. The zero-order chi connectivity index (χ0) is 7.40. The third-order valence-electron chi connectivity index (χ3n) is 2.19. The molecule has 0 aromatic rings. The lowest BCUT2D eigenvalue weighted by atomic mass is 9.92. The fourth-order valence-electron chi connectivity index (χ4n) is 1.35. The fraction of sp³-hybridized carbons (Fsp3) is 1.00. The Hall–Kier alpha value is -0.120. The minimum Gasteiger partial charge on any atom is -0.396 e. The molecule has 0 unspecified atom stereocenters. The predicted molar refractivity (Wildman–Crippen MR) is 40.9 cm³/mol. The first-order valence-electron chi connectivity index (χ1n) is 3.87. The van der Waals surface area contributed by atoms with E-state index >= 15 is 0 Å². The molecule has 1 fully saturated rings. The van der Waals surface area contributed by atoms with Gasteiger partial charge in [-0.1, -0.05) is 0 Å². The average molecular weight is 144 g/mol. The molecule has 1 atom stereocenters. The van der Waals surface area contributed by atoms with Crippen molar-refractivity contribution in [2.24, 2.45) is 5.92 Å². The Morgan fingerprint density at radius 2 is 2.40 bits per heavy atom. The molecule has 0 aliphatic carbocycles. The predicted octanol–water partition coefficient (Wildman–Crippen LogP) is -0.824.